The van der Waals surface area contributed by atoms with Crippen LogP contribution in [0.2, 0.25) is 0 Å². The molecule has 0 aromatic rings. The molecule has 0 radical (unpaired) electrons. The normalized spacial score (nSPS) is 13.6. The number of nitrogens with one attached hydrogen (secondary N) is 1. The number of aliphatic hydroxyl groups excluding tert-OH is 1. The molecule has 0 rings (SSSR count). The van der Waals surface area contributed by atoms with E-state index >= 15 is 0 Å². The highest BCUT2D eigenvalue weighted by Gasteiger charge is 2.28. The molecule has 0 aliphatic carbocycles. The van der Waals surface area contributed by atoms with Crippen LogP contribution in [0.3, 0.4) is 0 Å². The van der Waals surface area contributed by atoms with E-state index in [-0.39, 0.29) is 19.1 Å². The number of carbonyl (C=O) groups is 1. The Balaban J connectivity index is 3.97. The van der Waals surface area contributed by atoms with E-state index in [0.29, 0.717) is 23.9 Å². The fraction of sp³-hybridized carbons (Fsp3) is 0.958. The van der Waals surface area contributed by atoms with Gasteiger partial charge in [-0.1, -0.05) is 360 Å². The summed E-state index contributed by atoms with van der Waals surface area (Å²) in [5.74, 6) is -0.135. The van der Waals surface area contributed by atoms with Gasteiger partial charge < -0.3 is 19.8 Å². The fourth-order valence-electron chi connectivity index (χ4n) is 11.6. The Morgan fingerprint density at radius 3 is 0.951 bits per heavy atom. The van der Waals surface area contributed by atoms with E-state index < -0.39 is 20.0 Å². The first-order valence-electron chi connectivity index (χ1n) is 36.6. The first kappa shape index (κ1) is 80.2. The minimum atomic E-state index is -4.33. The van der Waals surface area contributed by atoms with Gasteiger partial charge in [-0.2, -0.15) is 0 Å². The summed E-state index contributed by atoms with van der Waals surface area (Å²) in [5.41, 5.74) is 0. The number of rotatable bonds is 69. The molecule has 0 saturated heterocycles. The number of hydrogen-bond donors (Lipinski definition) is 3. The Kier molecular flexibility index (Phi) is 63.1. The standard InChI is InChI=1S/C72H145N2O6P/c1-6-8-10-12-14-16-18-20-22-24-26-28-30-32-34-35-36-37-38-40-41-43-45-47-49-51-53-55-57-59-61-63-65-71(75)70(69-80-81(77,78)79-68-67-74(3,4)5)73-72(76)66-64-62-60-58-56-54-52-50-48-46-44-42-39-33-31-29-27-25-23-21-19-17-15-13-11-9-7-2/h25,27,70-71,75H,6-24,26,28-69H2,1-5H3,(H-,73,76,77,78)/p+1/b27-25-. The third kappa shape index (κ3) is 66.6. The van der Waals surface area contributed by atoms with E-state index in [0.717, 1.165) is 38.5 Å². The lowest BCUT2D eigenvalue weighted by atomic mass is 10.0. The maximum atomic E-state index is 13.1. The second-order valence-corrected chi connectivity index (χ2v) is 28.1. The van der Waals surface area contributed by atoms with Crippen molar-refractivity contribution in [2.45, 2.75) is 405 Å². The van der Waals surface area contributed by atoms with Crippen LogP contribution in [-0.4, -0.2) is 73.4 Å². The Hall–Kier alpha value is -0.760. The molecule has 8 nitrogen and oxygen atoms in total. The van der Waals surface area contributed by atoms with Crippen LogP contribution in [0.25, 0.3) is 0 Å². The maximum absolute atomic E-state index is 13.1. The molecule has 0 fully saturated rings. The molecule has 1 amide bonds. The molecular weight excluding hydrogens is 1020 g/mol. The van der Waals surface area contributed by atoms with Crippen LogP contribution in [-0.2, 0) is 18.4 Å². The van der Waals surface area contributed by atoms with Gasteiger partial charge in [-0.3, -0.25) is 13.8 Å². The molecule has 81 heavy (non-hydrogen) atoms. The number of unbranched alkanes of at least 4 members (excludes halogenated alkanes) is 54. The average Bonchev–Trinajstić information content (AvgIpc) is 3.43. The molecule has 0 aliphatic rings. The van der Waals surface area contributed by atoms with Crippen LogP contribution < -0.4 is 5.32 Å². The number of aliphatic hydroxyl groups is 1. The highest BCUT2D eigenvalue weighted by atomic mass is 31.2. The Labute approximate surface area is 507 Å². The van der Waals surface area contributed by atoms with E-state index in [4.69, 9.17) is 9.05 Å². The van der Waals surface area contributed by atoms with Gasteiger partial charge >= 0.3 is 7.82 Å². The molecule has 0 heterocycles. The van der Waals surface area contributed by atoms with E-state index in [1.165, 1.54) is 327 Å². The fourth-order valence-corrected chi connectivity index (χ4v) is 12.3. The summed E-state index contributed by atoms with van der Waals surface area (Å²) in [6, 6.07) is -0.759. The number of amides is 1. The Morgan fingerprint density at radius 2 is 0.667 bits per heavy atom. The summed E-state index contributed by atoms with van der Waals surface area (Å²) in [6.07, 6.45) is 81.9. The summed E-state index contributed by atoms with van der Waals surface area (Å²) >= 11 is 0. The number of quaternary nitrogens is 1. The van der Waals surface area contributed by atoms with Gasteiger partial charge in [0.2, 0.25) is 5.91 Å². The second kappa shape index (κ2) is 63.7. The Bertz CT molecular complexity index is 1320. The number of nitrogens with zero attached hydrogens (tertiary/aromatic N) is 1. The van der Waals surface area contributed by atoms with Gasteiger partial charge in [0.1, 0.15) is 13.2 Å². The van der Waals surface area contributed by atoms with Crippen molar-refractivity contribution in [3.63, 3.8) is 0 Å². The predicted octanol–water partition coefficient (Wildman–Crippen LogP) is 23.3. The van der Waals surface area contributed by atoms with Crippen LogP contribution in [0.4, 0.5) is 0 Å². The van der Waals surface area contributed by atoms with Crippen LogP contribution in [0, 0.1) is 0 Å². The lowest BCUT2D eigenvalue weighted by molar-refractivity contribution is -0.870. The van der Waals surface area contributed by atoms with Gasteiger partial charge in [-0.15, -0.1) is 0 Å². The van der Waals surface area contributed by atoms with Crippen molar-refractivity contribution in [2.24, 2.45) is 0 Å². The summed E-state index contributed by atoms with van der Waals surface area (Å²) < 4.78 is 23.9. The Morgan fingerprint density at radius 1 is 0.407 bits per heavy atom. The first-order chi connectivity index (χ1) is 39.5. The van der Waals surface area contributed by atoms with Crippen LogP contribution in [0.1, 0.15) is 393 Å². The quantitative estimate of drug-likeness (QED) is 0.0243. The third-order valence-electron chi connectivity index (χ3n) is 17.3. The lowest BCUT2D eigenvalue weighted by Gasteiger charge is -2.26. The summed E-state index contributed by atoms with van der Waals surface area (Å²) in [5, 5.41) is 14.2. The molecule has 0 bridgehead atoms. The molecular formula is C72H146N2O6P+. The number of likely N-dealkylation sites (N-methyl/N-ethyl adjacent to an activating group) is 1. The highest BCUT2D eigenvalue weighted by molar-refractivity contribution is 7.47. The van der Waals surface area contributed by atoms with E-state index in [1.54, 1.807) is 0 Å². The zero-order valence-corrected chi connectivity index (χ0v) is 56.5. The summed E-state index contributed by atoms with van der Waals surface area (Å²) in [7, 11) is 1.64. The molecule has 0 aromatic carbocycles. The predicted molar refractivity (Wildman–Crippen MR) is 355 cm³/mol. The van der Waals surface area contributed by atoms with Gasteiger partial charge in [0, 0.05) is 6.42 Å². The van der Waals surface area contributed by atoms with Crippen LogP contribution in [0.15, 0.2) is 12.2 Å². The number of allylic oxidation sites excluding steroid dienone is 2. The second-order valence-electron chi connectivity index (χ2n) is 26.7. The minimum Gasteiger partial charge on any atom is -0.391 e. The van der Waals surface area contributed by atoms with Gasteiger partial charge in [0.05, 0.1) is 39.9 Å². The number of phosphoric ester groups is 1. The van der Waals surface area contributed by atoms with Gasteiger partial charge in [-0.05, 0) is 38.5 Å². The van der Waals surface area contributed by atoms with Crippen LogP contribution >= 0.6 is 7.82 Å². The minimum absolute atomic E-state index is 0.0781. The number of phosphoric acid groups is 1. The summed E-state index contributed by atoms with van der Waals surface area (Å²) in [6.45, 7) is 4.96. The average molecular weight is 1170 g/mol. The number of hydrogen-bond acceptors (Lipinski definition) is 5. The summed E-state index contributed by atoms with van der Waals surface area (Å²) in [4.78, 5) is 23.5. The van der Waals surface area contributed by atoms with Crippen molar-refractivity contribution in [1.29, 1.82) is 0 Å². The molecule has 3 atom stereocenters. The molecule has 0 spiro atoms. The molecule has 0 saturated carbocycles. The highest BCUT2D eigenvalue weighted by Crippen LogP contribution is 2.43. The molecule has 0 aliphatic heterocycles. The molecule has 3 N–H and O–H groups in total. The van der Waals surface area contributed by atoms with Gasteiger partial charge in [-0.25, -0.2) is 4.57 Å². The van der Waals surface area contributed by atoms with Crippen molar-refractivity contribution in [1.82, 2.24) is 5.32 Å². The largest absolute Gasteiger partial charge is 0.472 e. The maximum Gasteiger partial charge on any atom is 0.472 e. The van der Waals surface area contributed by atoms with Gasteiger partial charge in [0.15, 0.2) is 0 Å². The van der Waals surface area contributed by atoms with Crippen molar-refractivity contribution >= 4 is 13.7 Å². The van der Waals surface area contributed by atoms with Crippen molar-refractivity contribution in [2.75, 3.05) is 40.9 Å². The number of carbonyl (C=O) groups excluding carboxylic acids is 1. The molecule has 484 valence electrons. The van der Waals surface area contributed by atoms with Crippen molar-refractivity contribution < 1.29 is 32.9 Å². The molecule has 0 aromatic heterocycles. The lowest BCUT2D eigenvalue weighted by Crippen LogP contribution is -2.46. The zero-order chi connectivity index (χ0) is 59.1. The topological polar surface area (TPSA) is 105 Å². The van der Waals surface area contributed by atoms with E-state index in [1.807, 2.05) is 21.1 Å². The molecule has 3 unspecified atom stereocenters. The zero-order valence-electron chi connectivity index (χ0n) is 55.6. The van der Waals surface area contributed by atoms with Gasteiger partial charge in [0.25, 0.3) is 0 Å². The third-order valence-corrected chi connectivity index (χ3v) is 18.2. The van der Waals surface area contributed by atoms with E-state index in [9.17, 15) is 19.4 Å². The first-order valence-corrected chi connectivity index (χ1v) is 38.0. The smallest absolute Gasteiger partial charge is 0.391 e. The van der Waals surface area contributed by atoms with E-state index in [2.05, 4.69) is 31.3 Å². The van der Waals surface area contributed by atoms with Crippen LogP contribution in [0.5, 0.6) is 0 Å². The van der Waals surface area contributed by atoms with Crippen molar-refractivity contribution in [3.05, 3.63) is 12.2 Å². The SMILES string of the molecule is CCCCCCCCCC/C=C\CCCCCCCCCCCCCCCCCC(=O)NC(COP(=O)(O)OCC[N+](C)(C)C)C(O)CCCCCCCCCCCCCCCCCCCCCCCCCCCCCCCCCC. The van der Waals surface area contributed by atoms with Crippen molar-refractivity contribution in [3.8, 4) is 0 Å². The monoisotopic (exact) mass is 1170 g/mol. The molecule has 9 heteroatoms.